The first-order chi connectivity index (χ1) is 19.2. The standard InChI is InChI=1S/C35H24N4/c1-3-4-19-29-24(2)26-16-8-11-20-30(26)38(29)33-23-34(37-35(36-33)25-14-6-5-7-15-25)39-31-21-12-9-17-27(31)28-18-10-13-22-32(28)39/h1,4-23H,2H3/b19-4-. The first-order valence-electron chi connectivity index (χ1n) is 12.9. The minimum Gasteiger partial charge on any atom is -0.294 e. The van der Waals surface area contributed by atoms with Crippen molar-refractivity contribution in [1.29, 1.82) is 0 Å². The van der Waals surface area contributed by atoms with Crippen LogP contribution in [0.2, 0.25) is 0 Å². The third-order valence-electron chi connectivity index (χ3n) is 7.28. The molecule has 7 rings (SSSR count). The molecule has 3 heterocycles. The number of benzene rings is 4. The van der Waals surface area contributed by atoms with Crippen LogP contribution in [0, 0.1) is 19.3 Å². The van der Waals surface area contributed by atoms with Crippen molar-refractivity contribution in [3.63, 3.8) is 0 Å². The Kier molecular flexibility index (Phi) is 5.35. The molecule has 4 aromatic carbocycles. The van der Waals surface area contributed by atoms with Gasteiger partial charge < -0.3 is 0 Å². The lowest BCUT2D eigenvalue weighted by molar-refractivity contribution is 0.969. The molecule has 0 unspecified atom stereocenters. The summed E-state index contributed by atoms with van der Waals surface area (Å²) in [6, 6.07) is 37.5. The predicted octanol–water partition coefficient (Wildman–Crippen LogP) is 8.14. The Morgan fingerprint density at radius 1 is 0.641 bits per heavy atom. The van der Waals surface area contributed by atoms with Crippen LogP contribution in [-0.2, 0) is 0 Å². The summed E-state index contributed by atoms with van der Waals surface area (Å²) in [5.41, 5.74) is 6.37. The summed E-state index contributed by atoms with van der Waals surface area (Å²) in [6.07, 6.45) is 9.36. The predicted molar refractivity (Wildman–Crippen MR) is 161 cm³/mol. The molecule has 0 spiro atoms. The van der Waals surface area contributed by atoms with E-state index in [-0.39, 0.29) is 0 Å². The Bertz CT molecular complexity index is 2030. The maximum atomic E-state index is 5.63. The van der Waals surface area contributed by atoms with E-state index >= 15 is 0 Å². The average molecular weight is 501 g/mol. The van der Waals surface area contributed by atoms with Crippen molar-refractivity contribution in [3.8, 4) is 35.4 Å². The Morgan fingerprint density at radius 3 is 1.77 bits per heavy atom. The molecule has 0 radical (unpaired) electrons. The number of para-hydroxylation sites is 3. The van der Waals surface area contributed by atoms with Crippen LogP contribution in [0.25, 0.3) is 61.8 Å². The van der Waals surface area contributed by atoms with Gasteiger partial charge in [0.1, 0.15) is 11.6 Å². The minimum absolute atomic E-state index is 0.660. The molecule has 4 heteroatoms. The zero-order chi connectivity index (χ0) is 26.3. The maximum absolute atomic E-state index is 5.63. The van der Waals surface area contributed by atoms with E-state index in [2.05, 4.69) is 101 Å². The van der Waals surface area contributed by atoms with Crippen LogP contribution in [0.15, 0.2) is 115 Å². The second-order valence-electron chi connectivity index (χ2n) is 9.51. The van der Waals surface area contributed by atoms with E-state index in [1.165, 1.54) is 10.8 Å². The summed E-state index contributed by atoms with van der Waals surface area (Å²) in [6.45, 7) is 2.13. The first-order valence-corrected chi connectivity index (χ1v) is 12.9. The van der Waals surface area contributed by atoms with E-state index in [0.29, 0.717) is 5.82 Å². The van der Waals surface area contributed by atoms with Gasteiger partial charge in [0, 0.05) is 27.8 Å². The molecule has 0 aliphatic heterocycles. The van der Waals surface area contributed by atoms with Crippen LogP contribution >= 0.6 is 0 Å². The van der Waals surface area contributed by atoms with Crippen molar-refractivity contribution in [2.24, 2.45) is 0 Å². The van der Waals surface area contributed by atoms with E-state index in [4.69, 9.17) is 16.4 Å². The Balaban J connectivity index is 1.60. The van der Waals surface area contributed by atoms with Crippen LogP contribution < -0.4 is 0 Å². The van der Waals surface area contributed by atoms with Gasteiger partial charge in [0.15, 0.2) is 5.82 Å². The molecule has 0 atom stereocenters. The van der Waals surface area contributed by atoms with Crippen molar-refractivity contribution in [3.05, 3.63) is 127 Å². The SMILES string of the molecule is C#C/C=C\c1c(C)c2ccccc2n1-c1cc(-n2c3ccccc3c3ccccc32)nc(-c2ccccc2)n1. The van der Waals surface area contributed by atoms with Gasteiger partial charge in [0.05, 0.1) is 22.2 Å². The van der Waals surface area contributed by atoms with Gasteiger partial charge in [0.2, 0.25) is 0 Å². The lowest BCUT2D eigenvalue weighted by atomic mass is 10.1. The fraction of sp³-hybridized carbons (Fsp3) is 0.0286. The Labute approximate surface area is 226 Å². The van der Waals surface area contributed by atoms with E-state index < -0.39 is 0 Å². The summed E-state index contributed by atoms with van der Waals surface area (Å²) in [5, 5.41) is 3.54. The number of terminal acetylenes is 1. The van der Waals surface area contributed by atoms with Crippen LogP contribution in [0.3, 0.4) is 0 Å². The van der Waals surface area contributed by atoms with Gasteiger partial charge in [-0.3, -0.25) is 9.13 Å². The molecule has 0 saturated carbocycles. The third kappa shape index (κ3) is 3.64. The molecule has 0 fully saturated rings. The van der Waals surface area contributed by atoms with Crippen molar-refractivity contribution < 1.29 is 0 Å². The molecule has 0 aliphatic carbocycles. The summed E-state index contributed by atoms with van der Waals surface area (Å²) in [5.74, 6) is 4.89. The van der Waals surface area contributed by atoms with Crippen molar-refractivity contribution in [1.82, 2.24) is 19.1 Å². The van der Waals surface area contributed by atoms with E-state index in [9.17, 15) is 0 Å². The zero-order valence-corrected chi connectivity index (χ0v) is 21.4. The largest absolute Gasteiger partial charge is 0.294 e. The van der Waals surface area contributed by atoms with Gasteiger partial charge in [-0.15, -0.1) is 6.42 Å². The molecule has 39 heavy (non-hydrogen) atoms. The molecule has 0 amide bonds. The lowest BCUT2D eigenvalue weighted by Crippen LogP contribution is -2.07. The zero-order valence-electron chi connectivity index (χ0n) is 21.4. The normalized spacial score (nSPS) is 11.6. The second kappa shape index (κ2) is 9.16. The van der Waals surface area contributed by atoms with Gasteiger partial charge in [-0.1, -0.05) is 90.8 Å². The molecular formula is C35H24N4. The average Bonchev–Trinajstić information content (AvgIpc) is 3.48. The highest BCUT2D eigenvalue weighted by Crippen LogP contribution is 2.34. The van der Waals surface area contributed by atoms with E-state index in [1.54, 1.807) is 6.08 Å². The van der Waals surface area contributed by atoms with Crippen molar-refractivity contribution in [2.75, 3.05) is 0 Å². The van der Waals surface area contributed by atoms with E-state index in [0.717, 1.165) is 50.4 Å². The smallest absolute Gasteiger partial charge is 0.163 e. The van der Waals surface area contributed by atoms with Gasteiger partial charge >= 0.3 is 0 Å². The molecule has 0 N–H and O–H groups in total. The molecule has 0 aliphatic rings. The van der Waals surface area contributed by atoms with Crippen molar-refractivity contribution >= 4 is 38.8 Å². The van der Waals surface area contributed by atoms with Crippen LogP contribution in [0.1, 0.15) is 11.3 Å². The molecule has 184 valence electrons. The number of aryl methyl sites for hydroxylation is 1. The fourth-order valence-corrected chi connectivity index (χ4v) is 5.53. The minimum atomic E-state index is 0.660. The third-order valence-corrected chi connectivity index (χ3v) is 7.28. The first kappa shape index (κ1) is 22.8. The Hall–Kier alpha value is -5.40. The topological polar surface area (TPSA) is 35.6 Å². The summed E-state index contributed by atoms with van der Waals surface area (Å²) < 4.78 is 4.42. The number of allylic oxidation sites excluding steroid dienone is 1. The van der Waals surface area contributed by atoms with Crippen LogP contribution in [-0.4, -0.2) is 19.1 Å². The van der Waals surface area contributed by atoms with Gasteiger partial charge in [-0.05, 0) is 42.8 Å². The Morgan fingerprint density at radius 2 is 1.15 bits per heavy atom. The van der Waals surface area contributed by atoms with Gasteiger partial charge in [-0.2, -0.15) is 0 Å². The number of hydrogen-bond donors (Lipinski definition) is 0. The van der Waals surface area contributed by atoms with Gasteiger partial charge in [-0.25, -0.2) is 9.97 Å². The monoisotopic (exact) mass is 500 g/mol. The number of hydrogen-bond acceptors (Lipinski definition) is 2. The molecule has 3 aromatic heterocycles. The highest BCUT2D eigenvalue weighted by Gasteiger charge is 2.19. The van der Waals surface area contributed by atoms with Gasteiger partial charge in [0.25, 0.3) is 0 Å². The van der Waals surface area contributed by atoms with Crippen LogP contribution in [0.5, 0.6) is 0 Å². The fourth-order valence-electron chi connectivity index (χ4n) is 5.53. The number of aromatic nitrogens is 4. The van der Waals surface area contributed by atoms with E-state index in [1.807, 2.05) is 36.4 Å². The lowest BCUT2D eigenvalue weighted by Gasteiger charge is -2.14. The molecule has 0 saturated heterocycles. The molecule has 4 nitrogen and oxygen atoms in total. The molecule has 0 bridgehead atoms. The number of nitrogens with zero attached hydrogens (tertiary/aromatic N) is 4. The highest BCUT2D eigenvalue weighted by atomic mass is 15.1. The summed E-state index contributed by atoms with van der Waals surface area (Å²) in [4.78, 5) is 10.3. The maximum Gasteiger partial charge on any atom is 0.163 e. The highest BCUT2D eigenvalue weighted by molar-refractivity contribution is 6.09. The number of fused-ring (bicyclic) bond motifs is 4. The summed E-state index contributed by atoms with van der Waals surface area (Å²) in [7, 11) is 0. The summed E-state index contributed by atoms with van der Waals surface area (Å²) >= 11 is 0. The molecule has 7 aromatic rings. The molecular weight excluding hydrogens is 476 g/mol. The quantitative estimate of drug-likeness (QED) is 0.229. The second-order valence-corrected chi connectivity index (χ2v) is 9.51. The number of rotatable bonds is 4. The van der Waals surface area contributed by atoms with Crippen LogP contribution in [0.4, 0.5) is 0 Å². The van der Waals surface area contributed by atoms with Crippen molar-refractivity contribution in [2.45, 2.75) is 6.92 Å².